The molecule has 0 radical (unpaired) electrons. The molecule has 0 saturated carbocycles. The molecule has 0 amide bonds. The number of nitrogen functional groups attached to an aromatic ring is 2. The van der Waals surface area contributed by atoms with Crippen molar-refractivity contribution < 1.29 is 13.7 Å². The lowest BCUT2D eigenvalue weighted by Crippen LogP contribution is -2.04. The van der Waals surface area contributed by atoms with E-state index in [1.807, 2.05) is 48.7 Å². The normalized spacial score (nSPS) is 10.5. The zero-order valence-corrected chi connectivity index (χ0v) is 16.5. The van der Waals surface area contributed by atoms with Gasteiger partial charge < -0.3 is 25.1 Å². The number of anilines is 2. The van der Waals surface area contributed by atoms with Gasteiger partial charge in [0.2, 0.25) is 5.95 Å². The number of benzene rings is 2. The molecule has 0 unspecified atom stereocenters. The zero-order chi connectivity index (χ0) is 19.9. The van der Waals surface area contributed by atoms with E-state index in [1.165, 1.54) is 12.0 Å². The Morgan fingerprint density at radius 3 is 2.43 bits per heavy atom. The van der Waals surface area contributed by atoms with Crippen LogP contribution in [0.25, 0.3) is 0 Å². The third-order valence-electron chi connectivity index (χ3n) is 4.04. The molecule has 3 rings (SSSR count). The summed E-state index contributed by atoms with van der Waals surface area (Å²) in [6.45, 7) is 0.425. The van der Waals surface area contributed by atoms with Gasteiger partial charge in [-0.25, -0.2) is 4.98 Å². The van der Waals surface area contributed by atoms with Gasteiger partial charge in [0.1, 0.15) is 18.2 Å². The molecule has 0 fully saturated rings. The molecule has 146 valence electrons. The third-order valence-corrected chi connectivity index (χ3v) is 4.40. The molecule has 0 atom stereocenters. The molecular weight excluding hydrogens is 376 g/mol. The maximum absolute atomic E-state index is 5.92. The van der Waals surface area contributed by atoms with Gasteiger partial charge in [-0.3, -0.25) is 0 Å². The molecule has 28 heavy (non-hydrogen) atoms. The summed E-state index contributed by atoms with van der Waals surface area (Å²) in [5, 5.41) is 0. The van der Waals surface area contributed by atoms with Gasteiger partial charge in [0.25, 0.3) is 0 Å². The van der Waals surface area contributed by atoms with E-state index >= 15 is 0 Å². The summed E-state index contributed by atoms with van der Waals surface area (Å²) in [6.07, 6.45) is 4.08. The summed E-state index contributed by atoms with van der Waals surface area (Å²) in [7, 11) is 1.61. The van der Waals surface area contributed by atoms with Crippen LogP contribution < -0.4 is 25.1 Å². The molecule has 0 aliphatic rings. The van der Waals surface area contributed by atoms with Gasteiger partial charge in [0, 0.05) is 24.4 Å². The fraction of sp³-hybridized carbons (Fsp3) is 0.200. The Bertz CT molecular complexity index is 935. The van der Waals surface area contributed by atoms with E-state index in [0.717, 1.165) is 22.4 Å². The summed E-state index contributed by atoms with van der Waals surface area (Å²) in [6, 6.07) is 13.5. The fourth-order valence-corrected chi connectivity index (χ4v) is 2.93. The van der Waals surface area contributed by atoms with Crippen LogP contribution >= 0.6 is 12.0 Å². The molecule has 8 heteroatoms. The quantitative estimate of drug-likeness (QED) is 0.556. The van der Waals surface area contributed by atoms with Crippen LogP contribution in [0.4, 0.5) is 11.8 Å². The molecule has 1 aromatic heterocycles. The minimum atomic E-state index is 0.163. The molecule has 4 N–H and O–H groups in total. The average molecular weight is 398 g/mol. The molecule has 2 aromatic carbocycles. The predicted octanol–water partition coefficient (Wildman–Crippen LogP) is 3.48. The van der Waals surface area contributed by atoms with Gasteiger partial charge in [-0.15, -0.1) is 0 Å². The van der Waals surface area contributed by atoms with Crippen LogP contribution in [0.5, 0.6) is 17.2 Å². The number of nitrogens with zero attached hydrogens (tertiary/aromatic N) is 2. The lowest BCUT2D eigenvalue weighted by atomic mass is 10.1. The van der Waals surface area contributed by atoms with Crippen molar-refractivity contribution in [1.29, 1.82) is 0 Å². The molecule has 0 aliphatic carbocycles. The van der Waals surface area contributed by atoms with E-state index in [2.05, 4.69) is 9.97 Å². The number of hydrogen-bond donors (Lipinski definition) is 2. The highest BCUT2D eigenvalue weighted by molar-refractivity contribution is 7.94. The Labute approximate surface area is 168 Å². The molecule has 0 bridgehead atoms. The summed E-state index contributed by atoms with van der Waals surface area (Å²) in [5.41, 5.74) is 14.3. The third kappa shape index (κ3) is 4.98. The van der Waals surface area contributed by atoms with Crippen LogP contribution in [0, 0.1) is 0 Å². The molecule has 0 spiro atoms. The van der Waals surface area contributed by atoms with Crippen molar-refractivity contribution in [1.82, 2.24) is 9.97 Å². The number of rotatable bonds is 8. The monoisotopic (exact) mass is 398 g/mol. The first-order valence-corrected chi connectivity index (χ1v) is 9.70. The first kappa shape index (κ1) is 19.6. The molecule has 7 nitrogen and oxygen atoms in total. The van der Waals surface area contributed by atoms with Crippen LogP contribution in [0.15, 0.2) is 48.7 Å². The minimum absolute atomic E-state index is 0.163. The number of nitrogens with two attached hydrogens (primary N) is 2. The van der Waals surface area contributed by atoms with Gasteiger partial charge in [-0.2, -0.15) is 4.98 Å². The predicted molar refractivity (Wildman–Crippen MR) is 112 cm³/mol. The summed E-state index contributed by atoms with van der Waals surface area (Å²) >= 11 is 1.31. The van der Waals surface area contributed by atoms with E-state index in [1.54, 1.807) is 13.3 Å². The van der Waals surface area contributed by atoms with E-state index in [9.17, 15) is 0 Å². The van der Waals surface area contributed by atoms with Gasteiger partial charge in [-0.05, 0) is 35.4 Å². The number of ether oxygens (including phenoxy) is 2. The lowest BCUT2D eigenvalue weighted by Gasteiger charge is -2.13. The first-order valence-electron chi connectivity index (χ1n) is 8.55. The van der Waals surface area contributed by atoms with Gasteiger partial charge in [0.15, 0.2) is 11.5 Å². The van der Waals surface area contributed by atoms with E-state index in [4.69, 9.17) is 25.1 Å². The van der Waals surface area contributed by atoms with E-state index < -0.39 is 0 Å². The van der Waals surface area contributed by atoms with Crippen LogP contribution in [-0.2, 0) is 13.0 Å². The number of methoxy groups -OCH3 is 1. The maximum atomic E-state index is 5.92. The second-order valence-electron chi connectivity index (χ2n) is 5.98. The van der Waals surface area contributed by atoms with Gasteiger partial charge in [-0.1, -0.05) is 18.2 Å². The Morgan fingerprint density at radius 1 is 1.00 bits per heavy atom. The summed E-state index contributed by atoms with van der Waals surface area (Å²) < 4.78 is 16.8. The van der Waals surface area contributed by atoms with E-state index in [0.29, 0.717) is 30.3 Å². The highest BCUT2D eigenvalue weighted by atomic mass is 32.2. The second kappa shape index (κ2) is 9.18. The van der Waals surface area contributed by atoms with Crippen molar-refractivity contribution in [3.63, 3.8) is 0 Å². The highest BCUT2D eigenvalue weighted by Crippen LogP contribution is 2.30. The number of hydrogen-bond acceptors (Lipinski definition) is 8. The topological polar surface area (TPSA) is 106 Å². The molecule has 0 aliphatic heterocycles. The van der Waals surface area contributed by atoms with Crippen molar-refractivity contribution in [2.75, 3.05) is 24.8 Å². The Kier molecular flexibility index (Phi) is 6.44. The van der Waals surface area contributed by atoms with Crippen LogP contribution in [0.2, 0.25) is 0 Å². The summed E-state index contributed by atoms with van der Waals surface area (Å²) in [5.74, 6) is 2.66. The van der Waals surface area contributed by atoms with Gasteiger partial charge in [0.05, 0.1) is 19.2 Å². The summed E-state index contributed by atoms with van der Waals surface area (Å²) in [4.78, 5) is 7.99. The lowest BCUT2D eigenvalue weighted by molar-refractivity contribution is 0.284. The van der Waals surface area contributed by atoms with Crippen LogP contribution in [0.3, 0.4) is 0 Å². The van der Waals surface area contributed by atoms with Crippen molar-refractivity contribution in [3.05, 3.63) is 65.4 Å². The average Bonchev–Trinajstić information content (AvgIpc) is 2.70. The van der Waals surface area contributed by atoms with Crippen LogP contribution in [-0.4, -0.2) is 23.3 Å². The zero-order valence-electron chi connectivity index (χ0n) is 15.7. The SMILES string of the molecule is COc1cc(Cc2cnc(N)nc2N)ccc1OCc1ccc(OSC)cc1. The molecule has 0 saturated heterocycles. The molecular formula is C20H22N4O3S. The Morgan fingerprint density at radius 2 is 1.75 bits per heavy atom. The highest BCUT2D eigenvalue weighted by Gasteiger charge is 2.09. The fourth-order valence-electron chi connectivity index (χ4n) is 2.63. The largest absolute Gasteiger partial charge is 0.493 e. The van der Waals surface area contributed by atoms with E-state index in [-0.39, 0.29) is 5.95 Å². The van der Waals surface area contributed by atoms with Gasteiger partial charge >= 0.3 is 0 Å². The van der Waals surface area contributed by atoms with Crippen molar-refractivity contribution in [2.45, 2.75) is 13.0 Å². The Balaban J connectivity index is 1.68. The standard InChI is InChI=1S/C20H22N4O3S/c1-25-18-10-14(9-15-11-23-20(22)24-19(15)21)5-8-17(18)26-12-13-3-6-16(7-4-13)27-28-2/h3-8,10-11H,9,12H2,1-2H3,(H4,21,22,23,24). The van der Waals surface area contributed by atoms with Crippen molar-refractivity contribution in [3.8, 4) is 17.2 Å². The molecule has 1 heterocycles. The molecule has 3 aromatic rings. The number of aromatic nitrogens is 2. The van der Waals surface area contributed by atoms with Crippen molar-refractivity contribution in [2.24, 2.45) is 0 Å². The Hall–Kier alpha value is -3.13. The van der Waals surface area contributed by atoms with Crippen LogP contribution in [0.1, 0.15) is 16.7 Å². The maximum Gasteiger partial charge on any atom is 0.221 e. The second-order valence-corrected chi connectivity index (χ2v) is 6.48. The smallest absolute Gasteiger partial charge is 0.221 e. The van der Waals surface area contributed by atoms with Crippen molar-refractivity contribution >= 4 is 23.8 Å². The minimum Gasteiger partial charge on any atom is -0.493 e. The first-order chi connectivity index (χ1) is 13.6.